The minimum absolute atomic E-state index is 0.267. The van der Waals surface area contributed by atoms with Gasteiger partial charge in [-0.3, -0.25) is 9.69 Å². The number of hydrogen-bond donors (Lipinski definition) is 0. The number of carbonyl (C=O) groups excluding carboxylic acids is 1. The quantitative estimate of drug-likeness (QED) is 0.402. The SMILES string of the molecule is COc1ccc(/C=C2/N=C(SCc3ccccc3C#N)N(c3ccc(Cl)c(OC)c3)C2=O)cc1. The first kappa shape index (κ1) is 23.4. The van der Waals surface area contributed by atoms with E-state index in [1.54, 1.807) is 37.5 Å². The van der Waals surface area contributed by atoms with Gasteiger partial charge in [0, 0.05) is 11.8 Å². The molecule has 0 unspecified atom stereocenters. The van der Waals surface area contributed by atoms with E-state index in [0.717, 1.165) is 16.9 Å². The fraction of sp³-hybridized carbons (Fsp3) is 0.115. The monoisotopic (exact) mass is 489 g/mol. The number of carbonyl (C=O) groups is 1. The molecule has 3 aromatic rings. The molecule has 1 amide bonds. The van der Waals surface area contributed by atoms with Crippen LogP contribution >= 0.6 is 23.4 Å². The summed E-state index contributed by atoms with van der Waals surface area (Å²) in [5, 5.41) is 10.4. The van der Waals surface area contributed by atoms with Gasteiger partial charge in [0.2, 0.25) is 0 Å². The van der Waals surface area contributed by atoms with Gasteiger partial charge in [-0.05, 0) is 47.5 Å². The maximum atomic E-state index is 13.4. The van der Waals surface area contributed by atoms with Crippen LogP contribution in [0.15, 0.2) is 77.4 Å². The van der Waals surface area contributed by atoms with Crippen molar-refractivity contribution in [2.75, 3.05) is 19.1 Å². The van der Waals surface area contributed by atoms with Crippen LogP contribution in [0.5, 0.6) is 11.5 Å². The first-order valence-corrected chi connectivity index (χ1v) is 11.6. The van der Waals surface area contributed by atoms with Gasteiger partial charge in [-0.1, -0.05) is 53.7 Å². The van der Waals surface area contributed by atoms with Gasteiger partial charge in [0.25, 0.3) is 5.91 Å². The standard InChI is InChI=1S/C26H20ClN3O3S/c1-32-21-10-7-17(8-11-21)13-23-25(31)30(20-9-12-22(27)24(14-20)33-2)26(29-23)34-16-19-6-4-3-5-18(19)15-28/h3-14H,16H2,1-2H3/b23-13+. The second-order valence-electron chi connectivity index (χ2n) is 7.21. The zero-order valence-electron chi connectivity index (χ0n) is 18.5. The van der Waals surface area contributed by atoms with Crippen molar-refractivity contribution in [3.8, 4) is 17.6 Å². The largest absolute Gasteiger partial charge is 0.497 e. The number of nitriles is 1. The van der Waals surface area contributed by atoms with Gasteiger partial charge in [0.05, 0.1) is 36.6 Å². The molecule has 6 nitrogen and oxygen atoms in total. The maximum Gasteiger partial charge on any atom is 0.283 e. The van der Waals surface area contributed by atoms with Crippen LogP contribution < -0.4 is 14.4 Å². The number of amidine groups is 1. The molecule has 4 rings (SSSR count). The number of aliphatic imine (C=N–C) groups is 1. The Morgan fingerprint density at radius 2 is 1.85 bits per heavy atom. The number of amides is 1. The van der Waals surface area contributed by atoms with Crippen LogP contribution in [-0.2, 0) is 10.5 Å². The predicted molar refractivity (Wildman–Crippen MR) is 136 cm³/mol. The first-order chi connectivity index (χ1) is 16.5. The molecule has 0 aromatic heterocycles. The first-order valence-electron chi connectivity index (χ1n) is 10.3. The van der Waals surface area contributed by atoms with E-state index in [2.05, 4.69) is 11.1 Å². The van der Waals surface area contributed by atoms with Crippen LogP contribution in [0.2, 0.25) is 5.02 Å². The van der Waals surface area contributed by atoms with Gasteiger partial charge in [0.1, 0.15) is 17.2 Å². The number of benzene rings is 3. The van der Waals surface area contributed by atoms with E-state index >= 15 is 0 Å². The van der Waals surface area contributed by atoms with Gasteiger partial charge in [-0.2, -0.15) is 5.26 Å². The number of nitrogens with zero attached hydrogens (tertiary/aromatic N) is 3. The van der Waals surface area contributed by atoms with Crippen LogP contribution in [0, 0.1) is 11.3 Å². The van der Waals surface area contributed by atoms with Crippen LogP contribution in [0.4, 0.5) is 5.69 Å². The Hall–Kier alpha value is -3.73. The van der Waals surface area contributed by atoms with Crippen molar-refractivity contribution < 1.29 is 14.3 Å². The normalized spacial score (nSPS) is 14.2. The van der Waals surface area contributed by atoms with E-state index in [-0.39, 0.29) is 5.91 Å². The Balaban J connectivity index is 1.70. The lowest BCUT2D eigenvalue weighted by molar-refractivity contribution is -0.113. The molecular weight excluding hydrogens is 470 g/mol. The van der Waals surface area contributed by atoms with Gasteiger partial charge in [-0.25, -0.2) is 4.99 Å². The molecule has 0 atom stereocenters. The van der Waals surface area contributed by atoms with Crippen LogP contribution in [-0.4, -0.2) is 25.3 Å². The average molecular weight is 490 g/mol. The number of rotatable bonds is 6. The molecule has 34 heavy (non-hydrogen) atoms. The van der Waals surface area contributed by atoms with Gasteiger partial charge in [0.15, 0.2) is 5.17 Å². The third-order valence-corrected chi connectivity index (χ3v) is 6.44. The van der Waals surface area contributed by atoms with Crippen LogP contribution in [0.3, 0.4) is 0 Å². The highest BCUT2D eigenvalue weighted by Crippen LogP contribution is 2.35. The molecule has 0 bridgehead atoms. The number of thioether (sulfide) groups is 1. The number of anilines is 1. The predicted octanol–water partition coefficient (Wildman–Crippen LogP) is 5.91. The van der Waals surface area contributed by atoms with Crippen molar-refractivity contribution in [1.29, 1.82) is 5.26 Å². The highest BCUT2D eigenvalue weighted by Gasteiger charge is 2.32. The van der Waals surface area contributed by atoms with Gasteiger partial charge in [-0.15, -0.1) is 0 Å². The summed E-state index contributed by atoms with van der Waals surface area (Å²) in [6, 6.07) is 22.1. The summed E-state index contributed by atoms with van der Waals surface area (Å²) in [4.78, 5) is 19.6. The summed E-state index contributed by atoms with van der Waals surface area (Å²) < 4.78 is 10.5. The molecular formula is C26H20ClN3O3S. The van der Waals surface area contributed by atoms with Crippen molar-refractivity contribution in [1.82, 2.24) is 0 Å². The summed E-state index contributed by atoms with van der Waals surface area (Å²) in [6.45, 7) is 0. The molecule has 0 saturated heterocycles. The minimum atomic E-state index is -0.267. The lowest BCUT2D eigenvalue weighted by atomic mass is 10.1. The number of ether oxygens (including phenoxy) is 2. The van der Waals surface area contributed by atoms with Crippen molar-refractivity contribution >= 4 is 46.2 Å². The van der Waals surface area contributed by atoms with Crippen molar-refractivity contribution in [2.24, 2.45) is 4.99 Å². The molecule has 0 fully saturated rings. The topological polar surface area (TPSA) is 74.9 Å². The fourth-order valence-corrected chi connectivity index (χ4v) is 4.58. The van der Waals surface area contributed by atoms with Crippen molar-refractivity contribution in [2.45, 2.75) is 5.75 Å². The van der Waals surface area contributed by atoms with E-state index in [4.69, 9.17) is 21.1 Å². The molecule has 170 valence electrons. The lowest BCUT2D eigenvalue weighted by Gasteiger charge is -2.19. The molecule has 0 N–H and O–H groups in total. The van der Waals surface area contributed by atoms with Crippen molar-refractivity contribution in [3.05, 3.63) is 94.1 Å². The third-order valence-electron chi connectivity index (χ3n) is 5.14. The van der Waals surface area contributed by atoms with E-state index in [1.165, 1.54) is 23.8 Å². The van der Waals surface area contributed by atoms with E-state index in [0.29, 0.717) is 38.6 Å². The summed E-state index contributed by atoms with van der Waals surface area (Å²) in [6.07, 6.45) is 1.73. The van der Waals surface area contributed by atoms with Crippen molar-refractivity contribution in [3.63, 3.8) is 0 Å². The Morgan fingerprint density at radius 3 is 2.56 bits per heavy atom. The second-order valence-corrected chi connectivity index (χ2v) is 8.56. The average Bonchev–Trinajstić information content (AvgIpc) is 3.18. The smallest absolute Gasteiger partial charge is 0.283 e. The third kappa shape index (κ3) is 4.93. The minimum Gasteiger partial charge on any atom is -0.497 e. The van der Waals surface area contributed by atoms with Gasteiger partial charge >= 0.3 is 0 Å². The molecule has 8 heteroatoms. The van der Waals surface area contributed by atoms with E-state index in [1.807, 2.05) is 42.5 Å². The van der Waals surface area contributed by atoms with E-state index < -0.39 is 0 Å². The molecule has 0 spiro atoms. The Bertz CT molecular complexity index is 1330. The zero-order chi connectivity index (χ0) is 24.1. The molecule has 1 heterocycles. The molecule has 1 aliphatic rings. The Kier molecular flexibility index (Phi) is 7.21. The van der Waals surface area contributed by atoms with Crippen LogP contribution in [0.25, 0.3) is 6.08 Å². The second kappa shape index (κ2) is 10.5. The fourth-order valence-electron chi connectivity index (χ4n) is 3.36. The summed E-state index contributed by atoms with van der Waals surface area (Å²) in [7, 11) is 3.12. The molecule has 3 aromatic carbocycles. The molecule has 1 aliphatic heterocycles. The van der Waals surface area contributed by atoms with E-state index in [9.17, 15) is 10.1 Å². The van der Waals surface area contributed by atoms with Crippen LogP contribution in [0.1, 0.15) is 16.7 Å². The number of halogens is 1. The number of methoxy groups -OCH3 is 2. The highest BCUT2D eigenvalue weighted by atomic mass is 35.5. The zero-order valence-corrected chi connectivity index (χ0v) is 20.1. The summed E-state index contributed by atoms with van der Waals surface area (Å²) in [5.41, 5.74) is 3.17. The molecule has 0 radical (unpaired) electrons. The lowest BCUT2D eigenvalue weighted by Crippen LogP contribution is -2.30. The summed E-state index contributed by atoms with van der Waals surface area (Å²) in [5.74, 6) is 1.40. The van der Waals surface area contributed by atoms with Gasteiger partial charge < -0.3 is 9.47 Å². The number of hydrogen-bond acceptors (Lipinski definition) is 6. The molecule has 0 saturated carbocycles. The Labute approximate surface area is 207 Å². The maximum absolute atomic E-state index is 13.4. The highest BCUT2D eigenvalue weighted by molar-refractivity contribution is 8.13. The molecule has 0 aliphatic carbocycles. The summed E-state index contributed by atoms with van der Waals surface area (Å²) >= 11 is 7.58. The Morgan fingerprint density at radius 1 is 1.09 bits per heavy atom.